The lowest BCUT2D eigenvalue weighted by Crippen LogP contribution is -2.32. The summed E-state index contributed by atoms with van der Waals surface area (Å²) in [5.41, 5.74) is -0.189. The Labute approximate surface area is 276 Å². The summed E-state index contributed by atoms with van der Waals surface area (Å²) in [4.78, 5) is 28.0. The Morgan fingerprint density at radius 3 is 2.53 bits per heavy atom. The van der Waals surface area contributed by atoms with E-state index in [0.29, 0.717) is 48.9 Å². The number of amidine groups is 1. The van der Waals surface area contributed by atoms with Crippen LogP contribution in [0.2, 0.25) is 0 Å². The van der Waals surface area contributed by atoms with Crippen molar-refractivity contribution in [3.05, 3.63) is 75.4 Å². The molecule has 0 radical (unpaired) electrons. The number of hydrogen-bond donors (Lipinski definition) is 1. The number of aromatic nitrogens is 2. The Bertz CT molecular complexity index is 1900. The number of likely N-dealkylation sites (N-methyl/N-ethyl adjacent to an activating group) is 1. The molecule has 2 aliphatic rings. The molecule has 1 saturated heterocycles. The van der Waals surface area contributed by atoms with Crippen molar-refractivity contribution >= 4 is 44.8 Å². The first kappa shape index (κ1) is 34.2. The minimum absolute atomic E-state index is 0.0480. The number of hydrogen-bond acceptors (Lipinski definition) is 12. The van der Waals surface area contributed by atoms with E-state index in [1.165, 1.54) is 45.2 Å². The summed E-state index contributed by atoms with van der Waals surface area (Å²) in [6.07, 6.45) is 2.80. The van der Waals surface area contributed by atoms with E-state index in [-0.39, 0.29) is 10.1 Å². The Kier molecular flexibility index (Phi) is 9.57. The highest BCUT2D eigenvalue weighted by molar-refractivity contribution is 7.99. The van der Waals surface area contributed by atoms with Crippen LogP contribution in [0.15, 0.2) is 68.0 Å². The molecule has 0 saturated carbocycles. The molecule has 3 aromatic rings. The van der Waals surface area contributed by atoms with Gasteiger partial charge in [0.05, 0.1) is 33.1 Å². The van der Waals surface area contributed by atoms with Gasteiger partial charge >= 0.3 is 5.69 Å². The van der Waals surface area contributed by atoms with Gasteiger partial charge in [0.2, 0.25) is 11.6 Å². The van der Waals surface area contributed by atoms with Gasteiger partial charge in [-0.15, -0.1) is 0 Å². The van der Waals surface area contributed by atoms with Crippen LogP contribution < -0.4 is 15.0 Å². The van der Waals surface area contributed by atoms with Crippen LogP contribution in [0.3, 0.4) is 0 Å². The van der Waals surface area contributed by atoms with Crippen molar-refractivity contribution < 1.29 is 26.9 Å². The van der Waals surface area contributed by atoms with Gasteiger partial charge in [-0.3, -0.25) is 15.1 Å². The summed E-state index contributed by atoms with van der Waals surface area (Å²) >= 11 is 0.902. The molecule has 0 bridgehead atoms. The normalized spacial score (nSPS) is 16.8. The van der Waals surface area contributed by atoms with E-state index in [4.69, 9.17) is 9.72 Å². The van der Waals surface area contributed by atoms with Crippen LogP contribution in [-0.2, 0) is 14.6 Å². The molecule has 1 fully saturated rings. The van der Waals surface area contributed by atoms with E-state index in [1.807, 2.05) is 27.1 Å². The number of ether oxygens (including phenoxy) is 1. The van der Waals surface area contributed by atoms with Gasteiger partial charge < -0.3 is 19.9 Å². The maximum absolute atomic E-state index is 15.7. The Balaban J connectivity index is 1.50. The third-order valence-corrected chi connectivity index (χ3v) is 11.6. The van der Waals surface area contributed by atoms with E-state index in [9.17, 15) is 18.5 Å². The number of nitro groups is 1. The van der Waals surface area contributed by atoms with Crippen LogP contribution in [0.5, 0.6) is 5.75 Å². The molecule has 0 amide bonds. The van der Waals surface area contributed by atoms with Crippen molar-refractivity contribution in [2.24, 2.45) is 4.99 Å². The number of benzene rings is 2. The molecule has 16 heteroatoms. The zero-order valence-corrected chi connectivity index (χ0v) is 28.4. The number of methoxy groups -OCH3 is 1. The predicted octanol–water partition coefficient (Wildman–Crippen LogP) is 5.44. The maximum Gasteiger partial charge on any atom is 0.305 e. The predicted molar refractivity (Wildman–Crippen MR) is 176 cm³/mol. The van der Waals surface area contributed by atoms with E-state index >= 15 is 8.78 Å². The number of nitro benzene ring substituents is 1. The molecular weight excluding hydrogens is 653 g/mol. The molecule has 1 aromatic heterocycles. The van der Waals surface area contributed by atoms with Gasteiger partial charge in [0.1, 0.15) is 11.7 Å². The van der Waals surface area contributed by atoms with Crippen LogP contribution in [0.4, 0.5) is 26.1 Å². The van der Waals surface area contributed by atoms with E-state index in [0.717, 1.165) is 35.9 Å². The Morgan fingerprint density at radius 1 is 1.19 bits per heavy atom. The molecule has 1 N–H and O–H groups in total. The third kappa shape index (κ3) is 6.67. The number of rotatable bonds is 10. The van der Waals surface area contributed by atoms with Crippen molar-refractivity contribution in [3.8, 4) is 5.75 Å². The summed E-state index contributed by atoms with van der Waals surface area (Å²) in [6.45, 7) is 6.34. The lowest BCUT2D eigenvalue weighted by molar-refractivity contribution is -0.387. The molecule has 0 spiro atoms. The SMILES string of the molecule is COc1c(NC2=NCC(C)=C2)nc(Sc2ccc(S(=O)(=O)C(C)(C)c3cccc([N+](=O)[O-])c3F)cc2F)nc1N1CC[C@@H](N(C)C)C1. The summed E-state index contributed by atoms with van der Waals surface area (Å²) in [5, 5.41) is 14.7. The van der Waals surface area contributed by atoms with Crippen LogP contribution >= 0.6 is 11.8 Å². The van der Waals surface area contributed by atoms with Crippen molar-refractivity contribution in [2.75, 3.05) is 51.1 Å². The lowest BCUT2D eigenvalue weighted by Gasteiger charge is -2.26. The highest BCUT2D eigenvalue weighted by atomic mass is 32.2. The zero-order chi connectivity index (χ0) is 34.3. The summed E-state index contributed by atoms with van der Waals surface area (Å²) < 4.78 is 61.9. The minimum atomic E-state index is -4.43. The maximum atomic E-state index is 15.7. The fraction of sp³-hybridized carbons (Fsp3) is 0.387. The summed E-state index contributed by atoms with van der Waals surface area (Å²) in [6, 6.07) is 6.96. The number of sulfone groups is 1. The molecule has 0 unspecified atom stereocenters. The zero-order valence-electron chi connectivity index (χ0n) is 26.7. The largest absolute Gasteiger partial charge is 0.490 e. The van der Waals surface area contributed by atoms with Crippen LogP contribution in [0.25, 0.3) is 0 Å². The van der Waals surface area contributed by atoms with Gasteiger partial charge in [-0.2, -0.15) is 4.39 Å². The van der Waals surface area contributed by atoms with Gasteiger partial charge in [0, 0.05) is 30.8 Å². The highest BCUT2D eigenvalue weighted by Crippen LogP contribution is 2.42. The molecule has 47 heavy (non-hydrogen) atoms. The number of nitrogens with zero attached hydrogens (tertiary/aromatic N) is 6. The first-order chi connectivity index (χ1) is 22.1. The van der Waals surface area contributed by atoms with Crippen molar-refractivity contribution in [3.63, 3.8) is 0 Å². The molecule has 2 aliphatic heterocycles. The van der Waals surface area contributed by atoms with Crippen molar-refractivity contribution in [1.82, 2.24) is 14.9 Å². The number of aliphatic imine (C=N–C) groups is 1. The monoisotopic (exact) mass is 687 g/mol. The quantitative estimate of drug-likeness (QED) is 0.165. The lowest BCUT2D eigenvalue weighted by atomic mass is 10.0. The van der Waals surface area contributed by atoms with Crippen LogP contribution in [-0.4, -0.2) is 80.9 Å². The summed E-state index contributed by atoms with van der Waals surface area (Å²) in [5.74, 6) is -0.256. The number of anilines is 2. The molecule has 12 nitrogen and oxygen atoms in total. The van der Waals surface area contributed by atoms with Gasteiger partial charge in [-0.05, 0) is 82.9 Å². The first-order valence-electron chi connectivity index (χ1n) is 14.7. The average Bonchev–Trinajstić information content (AvgIpc) is 3.67. The van der Waals surface area contributed by atoms with Gasteiger partial charge in [-0.25, -0.2) is 22.8 Å². The fourth-order valence-corrected chi connectivity index (χ4v) is 7.73. The van der Waals surface area contributed by atoms with Crippen molar-refractivity contribution in [1.29, 1.82) is 0 Å². The molecule has 2 aromatic carbocycles. The minimum Gasteiger partial charge on any atom is -0.490 e. The van der Waals surface area contributed by atoms with Gasteiger partial charge in [-0.1, -0.05) is 12.1 Å². The fourth-order valence-electron chi connectivity index (χ4n) is 5.43. The number of halogens is 2. The van der Waals surface area contributed by atoms with Gasteiger partial charge in [0.15, 0.2) is 26.6 Å². The Hall–Kier alpha value is -4.15. The smallest absolute Gasteiger partial charge is 0.305 e. The van der Waals surface area contributed by atoms with Crippen LogP contribution in [0, 0.1) is 21.7 Å². The molecule has 3 heterocycles. The summed E-state index contributed by atoms with van der Waals surface area (Å²) in [7, 11) is 1.12. The third-order valence-electron chi connectivity index (χ3n) is 8.26. The molecule has 0 aliphatic carbocycles. The first-order valence-corrected chi connectivity index (χ1v) is 17.0. The molecule has 250 valence electrons. The van der Waals surface area contributed by atoms with Crippen molar-refractivity contribution in [2.45, 2.75) is 52.9 Å². The van der Waals surface area contributed by atoms with E-state index < -0.39 is 47.3 Å². The highest BCUT2D eigenvalue weighted by Gasteiger charge is 2.41. The average molecular weight is 688 g/mol. The van der Waals surface area contributed by atoms with E-state index in [2.05, 4.69) is 25.1 Å². The second-order valence-corrected chi connectivity index (χ2v) is 15.5. The second kappa shape index (κ2) is 13.2. The van der Waals surface area contributed by atoms with Crippen LogP contribution in [0.1, 0.15) is 32.8 Å². The molecule has 1 atom stereocenters. The Morgan fingerprint density at radius 2 is 1.94 bits per heavy atom. The molecule has 5 rings (SSSR count). The standard InChI is InChI=1S/C31H35F2N7O5S2/c1-18-14-25(34-16-18)35-28-27(45-6)29(39-13-12-19(17-39)38(4)5)37-30(36-28)46-24-11-10-20(15-22(24)32)47(43,44)31(2,3)21-8-7-9-23(26(21)33)40(41)42/h7-11,14-15,19H,12-13,16-17H2,1-6H3,(H,34,35,36,37)/t19-/m1/s1. The molecular formula is C31H35F2N7O5S2. The van der Waals surface area contributed by atoms with Gasteiger partial charge in [0.25, 0.3) is 0 Å². The topological polar surface area (TPSA) is 143 Å². The second-order valence-electron chi connectivity index (χ2n) is 12.0. The van der Waals surface area contributed by atoms with E-state index in [1.54, 1.807) is 0 Å². The number of nitrogens with one attached hydrogen (secondary N) is 1.